The average Bonchev–Trinajstić information content (AvgIpc) is 2.92. The molecule has 0 spiro atoms. The molecule has 2 aromatic rings. The van der Waals surface area contributed by atoms with Gasteiger partial charge in [0.2, 0.25) is 0 Å². The third kappa shape index (κ3) is 3.88. The smallest absolute Gasteiger partial charge is 0.137 e. The van der Waals surface area contributed by atoms with Crippen molar-refractivity contribution in [3.63, 3.8) is 0 Å². The van der Waals surface area contributed by atoms with E-state index in [0.717, 1.165) is 30.8 Å². The number of halogens is 2. The van der Waals surface area contributed by atoms with E-state index < -0.39 is 0 Å². The zero-order valence-electron chi connectivity index (χ0n) is 10.8. The lowest BCUT2D eigenvalue weighted by atomic mass is 10.1. The molecule has 0 aliphatic rings. The van der Waals surface area contributed by atoms with E-state index in [1.807, 2.05) is 18.3 Å². The molecule has 1 aromatic heterocycles. The minimum absolute atomic E-state index is 0.118. The molecule has 0 saturated heterocycles. The summed E-state index contributed by atoms with van der Waals surface area (Å²) >= 11 is 3.22. The standard InChI is InChI=1S/C14H17BrFN3/c1-2-5-17-13(14-18-6-7-19-14)9-10-3-4-12(16)11(15)8-10/h3-4,6-8,13,17H,2,5,9H2,1H3,(H,18,19). The van der Waals surface area contributed by atoms with Gasteiger partial charge in [-0.25, -0.2) is 9.37 Å². The predicted molar refractivity (Wildman–Crippen MR) is 77.4 cm³/mol. The van der Waals surface area contributed by atoms with Gasteiger partial charge in [-0.3, -0.25) is 0 Å². The summed E-state index contributed by atoms with van der Waals surface area (Å²) in [6, 6.07) is 5.23. The van der Waals surface area contributed by atoms with Crippen LogP contribution in [0.5, 0.6) is 0 Å². The number of nitrogens with one attached hydrogen (secondary N) is 2. The average molecular weight is 326 g/mol. The van der Waals surface area contributed by atoms with Gasteiger partial charge < -0.3 is 10.3 Å². The Labute approximate surface area is 120 Å². The number of aromatic amines is 1. The number of H-pyrrole nitrogens is 1. The van der Waals surface area contributed by atoms with E-state index in [1.165, 1.54) is 6.07 Å². The lowest BCUT2D eigenvalue weighted by Crippen LogP contribution is -2.25. The van der Waals surface area contributed by atoms with Crippen molar-refractivity contribution in [3.8, 4) is 0 Å². The minimum Gasteiger partial charge on any atom is -0.347 e. The molecule has 0 radical (unpaired) electrons. The van der Waals surface area contributed by atoms with Crippen LogP contribution in [0.15, 0.2) is 35.1 Å². The summed E-state index contributed by atoms with van der Waals surface area (Å²) in [5.41, 5.74) is 1.07. The Morgan fingerprint density at radius 2 is 2.32 bits per heavy atom. The van der Waals surface area contributed by atoms with Crippen LogP contribution in [-0.4, -0.2) is 16.5 Å². The SMILES string of the molecule is CCCNC(Cc1ccc(F)c(Br)c1)c1ncc[nH]1. The Kier molecular flexibility index (Phi) is 5.10. The molecule has 1 aromatic carbocycles. The molecule has 3 nitrogen and oxygen atoms in total. The molecular weight excluding hydrogens is 309 g/mol. The Balaban J connectivity index is 2.13. The third-order valence-corrected chi connectivity index (χ3v) is 3.52. The second kappa shape index (κ2) is 6.82. The van der Waals surface area contributed by atoms with Crippen molar-refractivity contribution < 1.29 is 4.39 Å². The lowest BCUT2D eigenvalue weighted by Gasteiger charge is -2.16. The van der Waals surface area contributed by atoms with E-state index in [-0.39, 0.29) is 11.9 Å². The van der Waals surface area contributed by atoms with Crippen molar-refractivity contribution in [2.24, 2.45) is 0 Å². The maximum atomic E-state index is 13.2. The molecule has 102 valence electrons. The van der Waals surface area contributed by atoms with Gasteiger partial charge in [0, 0.05) is 12.4 Å². The monoisotopic (exact) mass is 325 g/mol. The molecule has 0 fully saturated rings. The molecule has 0 aliphatic carbocycles. The summed E-state index contributed by atoms with van der Waals surface area (Å²) in [6.07, 6.45) is 5.39. The molecule has 0 saturated carbocycles. The van der Waals surface area contributed by atoms with Gasteiger partial charge in [-0.05, 0) is 53.0 Å². The molecule has 1 unspecified atom stereocenters. The van der Waals surface area contributed by atoms with E-state index in [4.69, 9.17) is 0 Å². The number of benzene rings is 1. The largest absolute Gasteiger partial charge is 0.347 e. The van der Waals surface area contributed by atoms with Crippen molar-refractivity contribution in [2.75, 3.05) is 6.54 Å². The quantitative estimate of drug-likeness (QED) is 0.852. The first kappa shape index (κ1) is 14.2. The highest BCUT2D eigenvalue weighted by Gasteiger charge is 2.14. The van der Waals surface area contributed by atoms with Crippen LogP contribution in [-0.2, 0) is 6.42 Å². The fourth-order valence-electron chi connectivity index (χ4n) is 1.95. The highest BCUT2D eigenvalue weighted by molar-refractivity contribution is 9.10. The van der Waals surface area contributed by atoms with E-state index in [2.05, 4.69) is 38.1 Å². The van der Waals surface area contributed by atoms with Crippen LogP contribution in [0, 0.1) is 5.82 Å². The van der Waals surface area contributed by atoms with Crippen molar-refractivity contribution in [3.05, 3.63) is 52.3 Å². The molecule has 1 heterocycles. The predicted octanol–water partition coefficient (Wildman–Crippen LogP) is 3.59. The van der Waals surface area contributed by atoms with Gasteiger partial charge in [-0.2, -0.15) is 0 Å². The van der Waals surface area contributed by atoms with E-state index in [9.17, 15) is 4.39 Å². The van der Waals surface area contributed by atoms with Crippen molar-refractivity contribution in [1.82, 2.24) is 15.3 Å². The number of rotatable bonds is 6. The molecule has 0 amide bonds. The Bertz CT molecular complexity index is 513. The zero-order chi connectivity index (χ0) is 13.7. The van der Waals surface area contributed by atoms with Gasteiger partial charge >= 0.3 is 0 Å². The summed E-state index contributed by atoms with van der Waals surface area (Å²) in [5, 5.41) is 3.45. The third-order valence-electron chi connectivity index (χ3n) is 2.91. The van der Waals surface area contributed by atoms with Gasteiger partial charge in [0.15, 0.2) is 0 Å². The second-order valence-electron chi connectivity index (χ2n) is 4.43. The van der Waals surface area contributed by atoms with E-state index in [0.29, 0.717) is 4.47 Å². The van der Waals surface area contributed by atoms with Crippen LogP contribution in [0.1, 0.15) is 30.8 Å². The van der Waals surface area contributed by atoms with Crippen molar-refractivity contribution >= 4 is 15.9 Å². The van der Waals surface area contributed by atoms with Crippen LogP contribution >= 0.6 is 15.9 Å². The summed E-state index contributed by atoms with van der Waals surface area (Å²) in [5.74, 6) is 0.675. The second-order valence-corrected chi connectivity index (χ2v) is 5.29. The fourth-order valence-corrected chi connectivity index (χ4v) is 2.38. The molecule has 2 rings (SSSR count). The summed E-state index contributed by atoms with van der Waals surface area (Å²) in [6.45, 7) is 3.05. The van der Waals surface area contributed by atoms with Gasteiger partial charge in [-0.1, -0.05) is 13.0 Å². The van der Waals surface area contributed by atoms with Gasteiger partial charge in [0.05, 0.1) is 10.5 Å². The number of hydrogen-bond acceptors (Lipinski definition) is 2. The molecule has 1 atom stereocenters. The van der Waals surface area contributed by atoms with Gasteiger partial charge in [0.25, 0.3) is 0 Å². The van der Waals surface area contributed by atoms with Gasteiger partial charge in [0.1, 0.15) is 11.6 Å². The number of aromatic nitrogens is 2. The molecule has 19 heavy (non-hydrogen) atoms. The molecule has 2 N–H and O–H groups in total. The highest BCUT2D eigenvalue weighted by Crippen LogP contribution is 2.21. The first-order valence-electron chi connectivity index (χ1n) is 6.37. The normalized spacial score (nSPS) is 12.6. The molecule has 0 bridgehead atoms. The molecule has 5 heteroatoms. The number of imidazole rings is 1. The van der Waals surface area contributed by atoms with Crippen LogP contribution in [0.4, 0.5) is 4.39 Å². The Morgan fingerprint density at radius 3 is 2.95 bits per heavy atom. The maximum absolute atomic E-state index is 13.2. The Hall–Kier alpha value is -1.20. The van der Waals surface area contributed by atoms with Crippen LogP contribution in [0.3, 0.4) is 0 Å². The fraction of sp³-hybridized carbons (Fsp3) is 0.357. The van der Waals surface area contributed by atoms with Crippen LogP contribution < -0.4 is 5.32 Å². The highest BCUT2D eigenvalue weighted by atomic mass is 79.9. The van der Waals surface area contributed by atoms with Crippen molar-refractivity contribution in [1.29, 1.82) is 0 Å². The van der Waals surface area contributed by atoms with E-state index in [1.54, 1.807) is 6.20 Å². The summed E-state index contributed by atoms with van der Waals surface area (Å²) < 4.78 is 13.7. The Morgan fingerprint density at radius 1 is 1.47 bits per heavy atom. The minimum atomic E-state index is -0.236. The van der Waals surface area contributed by atoms with Crippen LogP contribution in [0.25, 0.3) is 0 Å². The number of hydrogen-bond donors (Lipinski definition) is 2. The zero-order valence-corrected chi connectivity index (χ0v) is 12.4. The van der Waals surface area contributed by atoms with Crippen LogP contribution in [0.2, 0.25) is 0 Å². The topological polar surface area (TPSA) is 40.7 Å². The van der Waals surface area contributed by atoms with Gasteiger partial charge in [-0.15, -0.1) is 0 Å². The van der Waals surface area contributed by atoms with E-state index >= 15 is 0 Å². The molecule has 0 aliphatic heterocycles. The maximum Gasteiger partial charge on any atom is 0.137 e. The first-order chi connectivity index (χ1) is 9.20. The summed E-state index contributed by atoms with van der Waals surface area (Å²) in [7, 11) is 0. The number of nitrogens with zero attached hydrogens (tertiary/aromatic N) is 1. The lowest BCUT2D eigenvalue weighted by molar-refractivity contribution is 0.508. The first-order valence-corrected chi connectivity index (χ1v) is 7.16. The summed E-state index contributed by atoms with van der Waals surface area (Å²) in [4.78, 5) is 7.43. The van der Waals surface area contributed by atoms with Crippen molar-refractivity contribution in [2.45, 2.75) is 25.8 Å². The molecular formula is C14H17BrFN3.